The molecule has 0 unspecified atom stereocenters. The molecule has 0 spiro atoms. The zero-order valence-electron chi connectivity index (χ0n) is 9.98. The van der Waals surface area contributed by atoms with Gasteiger partial charge in [-0.15, -0.1) is 0 Å². The molecular formula is C13H8ClF2NO3. The van der Waals surface area contributed by atoms with E-state index in [0.717, 1.165) is 12.1 Å². The highest BCUT2D eigenvalue weighted by Gasteiger charge is 2.18. The van der Waals surface area contributed by atoms with Gasteiger partial charge in [-0.1, -0.05) is 23.7 Å². The fraction of sp³-hybridized carbons (Fsp3) is 0.0769. The van der Waals surface area contributed by atoms with Crippen LogP contribution in [0.15, 0.2) is 36.4 Å². The molecule has 0 atom stereocenters. The van der Waals surface area contributed by atoms with E-state index < -0.39 is 22.2 Å². The molecule has 0 bridgehead atoms. The van der Waals surface area contributed by atoms with E-state index in [0.29, 0.717) is 5.56 Å². The van der Waals surface area contributed by atoms with Gasteiger partial charge in [0, 0.05) is 12.1 Å². The van der Waals surface area contributed by atoms with E-state index in [4.69, 9.17) is 16.3 Å². The number of nitro benzene ring substituents is 1. The van der Waals surface area contributed by atoms with Crippen molar-refractivity contribution in [2.45, 2.75) is 6.61 Å². The quantitative estimate of drug-likeness (QED) is 0.630. The SMILES string of the molecule is O=[N+]([O-])c1cc(Cl)c(OCc2cccc(F)c2)cc1F. The van der Waals surface area contributed by atoms with Gasteiger partial charge in [0.15, 0.2) is 0 Å². The summed E-state index contributed by atoms with van der Waals surface area (Å²) in [6.45, 7) is -0.0330. The Balaban J connectivity index is 2.18. The normalized spacial score (nSPS) is 10.3. The number of hydrogen-bond acceptors (Lipinski definition) is 3. The minimum atomic E-state index is -1.05. The van der Waals surface area contributed by atoms with Crippen molar-refractivity contribution in [1.29, 1.82) is 0 Å². The van der Waals surface area contributed by atoms with Gasteiger partial charge in [-0.25, -0.2) is 4.39 Å². The highest BCUT2D eigenvalue weighted by atomic mass is 35.5. The van der Waals surface area contributed by atoms with Crippen molar-refractivity contribution in [3.63, 3.8) is 0 Å². The third-order valence-corrected chi connectivity index (χ3v) is 2.78. The molecule has 104 valence electrons. The summed E-state index contributed by atoms with van der Waals surface area (Å²) >= 11 is 5.77. The first-order chi connectivity index (χ1) is 9.47. The first-order valence-electron chi connectivity index (χ1n) is 5.48. The summed E-state index contributed by atoms with van der Waals surface area (Å²) < 4.78 is 31.6. The molecule has 0 saturated carbocycles. The minimum Gasteiger partial charge on any atom is -0.487 e. The van der Waals surface area contributed by atoms with Crippen LogP contribution in [0.3, 0.4) is 0 Å². The molecule has 0 fully saturated rings. The van der Waals surface area contributed by atoms with Crippen LogP contribution in [0.25, 0.3) is 0 Å². The number of halogens is 3. The summed E-state index contributed by atoms with van der Waals surface area (Å²) in [7, 11) is 0. The Kier molecular flexibility index (Phi) is 4.14. The van der Waals surface area contributed by atoms with E-state index in [2.05, 4.69) is 0 Å². The van der Waals surface area contributed by atoms with Gasteiger partial charge in [0.25, 0.3) is 0 Å². The molecule has 0 amide bonds. The Morgan fingerprint density at radius 2 is 2.00 bits per heavy atom. The van der Waals surface area contributed by atoms with Crippen molar-refractivity contribution >= 4 is 17.3 Å². The van der Waals surface area contributed by atoms with Crippen molar-refractivity contribution in [1.82, 2.24) is 0 Å². The summed E-state index contributed by atoms with van der Waals surface area (Å²) in [6.07, 6.45) is 0. The van der Waals surface area contributed by atoms with Crippen LogP contribution in [0.5, 0.6) is 5.75 Å². The first kappa shape index (κ1) is 14.2. The molecule has 2 aromatic carbocycles. The van der Waals surface area contributed by atoms with Gasteiger partial charge in [-0.3, -0.25) is 10.1 Å². The second-order valence-electron chi connectivity index (χ2n) is 3.91. The zero-order chi connectivity index (χ0) is 14.7. The van der Waals surface area contributed by atoms with Gasteiger partial charge in [0.2, 0.25) is 5.82 Å². The number of nitrogens with zero attached hydrogens (tertiary/aromatic N) is 1. The molecule has 0 aliphatic heterocycles. The molecular weight excluding hydrogens is 292 g/mol. The third kappa shape index (κ3) is 3.21. The molecule has 0 saturated heterocycles. The average molecular weight is 300 g/mol. The lowest BCUT2D eigenvalue weighted by Gasteiger charge is -2.08. The molecule has 2 rings (SSSR count). The highest BCUT2D eigenvalue weighted by Crippen LogP contribution is 2.31. The van der Waals surface area contributed by atoms with E-state index >= 15 is 0 Å². The van der Waals surface area contributed by atoms with E-state index in [1.807, 2.05) is 0 Å². The van der Waals surface area contributed by atoms with Crippen molar-refractivity contribution in [2.75, 3.05) is 0 Å². The average Bonchev–Trinajstić information content (AvgIpc) is 2.39. The van der Waals surface area contributed by atoms with E-state index in [1.165, 1.54) is 18.2 Å². The maximum absolute atomic E-state index is 13.4. The van der Waals surface area contributed by atoms with E-state index in [9.17, 15) is 18.9 Å². The van der Waals surface area contributed by atoms with Gasteiger partial charge >= 0.3 is 5.69 Å². The second kappa shape index (κ2) is 5.83. The Labute approximate surface area is 117 Å². The number of ether oxygens (including phenoxy) is 1. The molecule has 7 heteroatoms. The van der Waals surface area contributed by atoms with Gasteiger partial charge in [0.05, 0.1) is 9.95 Å². The molecule has 0 aliphatic carbocycles. The molecule has 0 aliphatic rings. The van der Waals surface area contributed by atoms with Crippen LogP contribution in [0.4, 0.5) is 14.5 Å². The summed E-state index contributed by atoms with van der Waals surface area (Å²) in [5.74, 6) is -1.51. The van der Waals surface area contributed by atoms with Crippen molar-refractivity contribution in [3.05, 3.63) is 68.7 Å². The first-order valence-corrected chi connectivity index (χ1v) is 5.86. The highest BCUT2D eigenvalue weighted by molar-refractivity contribution is 6.32. The monoisotopic (exact) mass is 299 g/mol. The molecule has 20 heavy (non-hydrogen) atoms. The third-order valence-electron chi connectivity index (χ3n) is 2.48. The Bertz CT molecular complexity index is 664. The van der Waals surface area contributed by atoms with Gasteiger partial charge in [-0.05, 0) is 17.7 Å². The van der Waals surface area contributed by atoms with Crippen LogP contribution < -0.4 is 4.74 Å². The van der Waals surface area contributed by atoms with Crippen LogP contribution in [0.2, 0.25) is 5.02 Å². The Morgan fingerprint density at radius 3 is 2.65 bits per heavy atom. The van der Waals surface area contributed by atoms with Gasteiger partial charge in [-0.2, -0.15) is 4.39 Å². The van der Waals surface area contributed by atoms with E-state index in [1.54, 1.807) is 6.07 Å². The Morgan fingerprint density at radius 1 is 1.25 bits per heavy atom. The molecule has 4 nitrogen and oxygen atoms in total. The number of rotatable bonds is 4. The molecule has 0 radical (unpaired) electrons. The van der Waals surface area contributed by atoms with Crippen LogP contribution >= 0.6 is 11.6 Å². The van der Waals surface area contributed by atoms with Crippen LogP contribution in [0.1, 0.15) is 5.56 Å². The van der Waals surface area contributed by atoms with Crippen molar-refractivity contribution < 1.29 is 18.4 Å². The van der Waals surface area contributed by atoms with Crippen LogP contribution in [-0.2, 0) is 6.61 Å². The summed E-state index contributed by atoms with van der Waals surface area (Å²) in [5.41, 5.74) is -0.201. The van der Waals surface area contributed by atoms with Gasteiger partial charge < -0.3 is 4.74 Å². The predicted octanol–water partition coefficient (Wildman–Crippen LogP) is 4.11. The van der Waals surface area contributed by atoms with E-state index in [-0.39, 0.29) is 17.4 Å². The van der Waals surface area contributed by atoms with Crippen molar-refractivity contribution in [2.24, 2.45) is 0 Å². The molecule has 0 N–H and O–H groups in total. The fourth-order valence-electron chi connectivity index (χ4n) is 1.56. The maximum Gasteiger partial charge on any atom is 0.306 e. The lowest BCUT2D eigenvalue weighted by Crippen LogP contribution is -1.99. The molecule has 0 heterocycles. The predicted molar refractivity (Wildman–Crippen MR) is 68.8 cm³/mol. The molecule has 0 aromatic heterocycles. The Hall–Kier alpha value is -2.21. The smallest absolute Gasteiger partial charge is 0.306 e. The summed E-state index contributed by atoms with van der Waals surface area (Å²) in [5, 5.41) is 10.4. The van der Waals surface area contributed by atoms with Crippen LogP contribution in [0, 0.1) is 21.7 Å². The number of nitro groups is 1. The number of benzene rings is 2. The largest absolute Gasteiger partial charge is 0.487 e. The van der Waals surface area contributed by atoms with Crippen molar-refractivity contribution in [3.8, 4) is 5.75 Å². The topological polar surface area (TPSA) is 52.4 Å². The fourth-order valence-corrected chi connectivity index (χ4v) is 1.77. The maximum atomic E-state index is 13.4. The summed E-state index contributed by atoms with van der Waals surface area (Å²) in [4.78, 5) is 9.65. The lowest BCUT2D eigenvalue weighted by molar-refractivity contribution is -0.387. The number of hydrogen-bond donors (Lipinski definition) is 0. The second-order valence-corrected chi connectivity index (χ2v) is 4.32. The standard InChI is InChI=1S/C13H8ClF2NO3/c14-10-5-12(17(18)19)11(16)6-13(10)20-7-8-2-1-3-9(15)4-8/h1-6H,7H2. The minimum absolute atomic E-state index is 0.0330. The van der Waals surface area contributed by atoms with Crippen LogP contribution in [-0.4, -0.2) is 4.92 Å². The molecule has 2 aromatic rings. The van der Waals surface area contributed by atoms with Gasteiger partial charge in [0.1, 0.15) is 18.2 Å². The zero-order valence-corrected chi connectivity index (χ0v) is 10.7. The lowest BCUT2D eigenvalue weighted by atomic mass is 10.2. The summed E-state index contributed by atoms with van der Waals surface area (Å²) in [6, 6.07) is 7.38.